The van der Waals surface area contributed by atoms with Gasteiger partial charge >= 0.3 is 0 Å². The van der Waals surface area contributed by atoms with Crippen LogP contribution in [-0.4, -0.2) is 93.9 Å². The number of rotatable bonds is 11. The van der Waals surface area contributed by atoms with E-state index in [9.17, 15) is 5.11 Å². The second-order valence-electron chi connectivity index (χ2n) is 8.66. The van der Waals surface area contributed by atoms with E-state index >= 15 is 0 Å². The zero-order valence-electron chi connectivity index (χ0n) is 19.1. The second kappa shape index (κ2) is 11.6. The van der Waals surface area contributed by atoms with Crippen molar-refractivity contribution in [3.05, 3.63) is 29.8 Å². The first-order valence-electron chi connectivity index (χ1n) is 11.0. The van der Waals surface area contributed by atoms with E-state index in [0.29, 0.717) is 39.4 Å². The Hall–Kier alpha value is -1.26. The van der Waals surface area contributed by atoms with Crippen molar-refractivity contribution in [1.82, 2.24) is 4.90 Å². The summed E-state index contributed by atoms with van der Waals surface area (Å²) in [6.07, 6.45) is -1.69. The summed E-state index contributed by atoms with van der Waals surface area (Å²) in [7, 11) is 3.32. The molecule has 1 N–H and O–H groups in total. The minimum Gasteiger partial charge on any atom is -0.497 e. The summed E-state index contributed by atoms with van der Waals surface area (Å²) in [5.41, 5.74) is 0.682. The third-order valence-corrected chi connectivity index (χ3v) is 5.95. The first kappa shape index (κ1) is 24.4. The van der Waals surface area contributed by atoms with Crippen LogP contribution in [0.1, 0.15) is 25.8 Å². The quantitative estimate of drug-likeness (QED) is 0.560. The Kier molecular flexibility index (Phi) is 9.09. The van der Waals surface area contributed by atoms with Gasteiger partial charge < -0.3 is 33.5 Å². The fraction of sp³-hybridized carbons (Fsp3) is 0.739. The van der Waals surface area contributed by atoms with E-state index in [4.69, 9.17) is 28.4 Å². The molecule has 8 nitrogen and oxygen atoms in total. The number of ether oxygens (including phenoxy) is 6. The number of nitrogens with zero attached hydrogens (tertiary/aromatic N) is 1. The number of hydrogen-bond donors (Lipinski definition) is 1. The predicted molar refractivity (Wildman–Crippen MR) is 115 cm³/mol. The molecule has 0 aliphatic carbocycles. The summed E-state index contributed by atoms with van der Waals surface area (Å²) in [6, 6.07) is 7.72. The van der Waals surface area contributed by atoms with Gasteiger partial charge in [0.05, 0.1) is 39.1 Å². The summed E-state index contributed by atoms with van der Waals surface area (Å²) in [6.45, 7) is 8.53. The number of methoxy groups -OCH3 is 2. The molecular weight excluding hydrogens is 402 g/mol. The first-order chi connectivity index (χ1) is 14.9. The van der Waals surface area contributed by atoms with Crippen LogP contribution in [0.4, 0.5) is 0 Å². The van der Waals surface area contributed by atoms with Crippen molar-refractivity contribution in [1.29, 1.82) is 0 Å². The van der Waals surface area contributed by atoms with Gasteiger partial charge in [-0.15, -0.1) is 0 Å². The van der Waals surface area contributed by atoms with Gasteiger partial charge in [0.2, 0.25) is 0 Å². The number of aliphatic hydroxyl groups excluding tert-OH is 1. The molecule has 2 aliphatic rings. The highest BCUT2D eigenvalue weighted by atomic mass is 16.7. The maximum absolute atomic E-state index is 10.9. The molecule has 0 radical (unpaired) electrons. The van der Waals surface area contributed by atoms with E-state index in [-0.39, 0.29) is 11.7 Å². The zero-order valence-corrected chi connectivity index (χ0v) is 19.1. The van der Waals surface area contributed by atoms with Crippen LogP contribution in [0, 0.1) is 0 Å². The van der Waals surface area contributed by atoms with Gasteiger partial charge in [0.15, 0.2) is 6.29 Å². The lowest BCUT2D eigenvalue weighted by Gasteiger charge is -2.30. The van der Waals surface area contributed by atoms with Crippen molar-refractivity contribution < 1.29 is 33.5 Å². The van der Waals surface area contributed by atoms with Crippen LogP contribution >= 0.6 is 0 Å². The maximum Gasteiger partial charge on any atom is 0.186 e. The van der Waals surface area contributed by atoms with Gasteiger partial charge in [-0.3, -0.25) is 4.90 Å². The molecule has 0 bridgehead atoms. The number of morpholine rings is 1. The molecule has 1 unspecified atom stereocenters. The zero-order chi connectivity index (χ0) is 22.3. The van der Waals surface area contributed by atoms with E-state index in [1.807, 2.05) is 38.1 Å². The average molecular weight is 440 g/mol. The van der Waals surface area contributed by atoms with Gasteiger partial charge in [-0.2, -0.15) is 0 Å². The highest BCUT2D eigenvalue weighted by molar-refractivity contribution is 5.27. The van der Waals surface area contributed by atoms with Gasteiger partial charge in [-0.1, -0.05) is 12.1 Å². The van der Waals surface area contributed by atoms with E-state index in [2.05, 4.69) is 4.90 Å². The molecule has 3 rings (SSSR count). The number of aliphatic hydroxyl groups is 1. The molecule has 1 aromatic rings. The normalized spacial score (nSPS) is 27.5. The molecule has 2 heterocycles. The Labute approximate surface area is 185 Å². The first-order valence-corrected chi connectivity index (χ1v) is 11.0. The van der Waals surface area contributed by atoms with Crippen molar-refractivity contribution in [2.24, 2.45) is 0 Å². The predicted octanol–water partition coefficient (Wildman–Crippen LogP) is 1.83. The molecular formula is C23H37NO7. The molecule has 0 spiro atoms. The van der Waals surface area contributed by atoms with Gasteiger partial charge in [0.1, 0.15) is 24.1 Å². The molecule has 0 saturated carbocycles. The summed E-state index contributed by atoms with van der Waals surface area (Å²) < 4.78 is 34.4. The van der Waals surface area contributed by atoms with Crippen LogP contribution < -0.4 is 4.74 Å². The SMILES string of the molecule is COc1cccc(CO[C@H]2[C@@H](CN3CCOCC3)OC(OCCC(C)(C)OC)[C@@H]2O)c1. The molecule has 1 aromatic carbocycles. The molecule has 2 fully saturated rings. The third kappa shape index (κ3) is 7.12. The Morgan fingerprint density at radius 2 is 1.94 bits per heavy atom. The Morgan fingerprint density at radius 1 is 1.16 bits per heavy atom. The minimum absolute atomic E-state index is 0.292. The van der Waals surface area contributed by atoms with Crippen molar-refractivity contribution in [3.63, 3.8) is 0 Å². The van der Waals surface area contributed by atoms with Crippen molar-refractivity contribution in [2.45, 2.75) is 57.1 Å². The third-order valence-electron chi connectivity index (χ3n) is 5.95. The van der Waals surface area contributed by atoms with Crippen LogP contribution in [-0.2, 0) is 30.3 Å². The lowest BCUT2D eigenvalue weighted by atomic mass is 10.1. The molecule has 0 amide bonds. The topological polar surface area (TPSA) is 78.9 Å². The number of hydrogen-bond acceptors (Lipinski definition) is 8. The maximum atomic E-state index is 10.9. The summed E-state index contributed by atoms with van der Waals surface area (Å²) in [4.78, 5) is 2.28. The van der Waals surface area contributed by atoms with Crippen molar-refractivity contribution in [3.8, 4) is 5.75 Å². The number of benzene rings is 1. The summed E-state index contributed by atoms with van der Waals surface area (Å²) >= 11 is 0. The van der Waals surface area contributed by atoms with Crippen LogP contribution in [0.25, 0.3) is 0 Å². The van der Waals surface area contributed by atoms with Gasteiger partial charge in [0, 0.05) is 26.7 Å². The largest absolute Gasteiger partial charge is 0.497 e. The fourth-order valence-corrected chi connectivity index (χ4v) is 3.71. The molecule has 0 aromatic heterocycles. The second-order valence-corrected chi connectivity index (χ2v) is 8.66. The molecule has 176 valence electrons. The Bertz CT molecular complexity index is 665. The van der Waals surface area contributed by atoms with Crippen LogP contribution in [0.2, 0.25) is 0 Å². The fourth-order valence-electron chi connectivity index (χ4n) is 3.71. The molecule has 2 saturated heterocycles. The van der Waals surface area contributed by atoms with Crippen LogP contribution in [0.3, 0.4) is 0 Å². The van der Waals surface area contributed by atoms with E-state index in [0.717, 1.165) is 24.4 Å². The van der Waals surface area contributed by atoms with Crippen molar-refractivity contribution >= 4 is 0 Å². The van der Waals surface area contributed by atoms with E-state index < -0.39 is 18.5 Å². The standard InChI is InChI=1S/C23H37NO7/c1-23(2,27-4)8-11-29-22-20(25)21(19(31-22)15-24-9-12-28-13-10-24)30-16-17-6-5-7-18(14-17)26-3/h5-7,14,19-22,25H,8-13,15-16H2,1-4H3/t19-,20-,21+,22?/m1/s1. The van der Waals surface area contributed by atoms with Crippen LogP contribution in [0.15, 0.2) is 24.3 Å². The lowest BCUT2D eigenvalue weighted by molar-refractivity contribution is -0.174. The highest BCUT2D eigenvalue weighted by Gasteiger charge is 2.46. The van der Waals surface area contributed by atoms with E-state index in [1.54, 1.807) is 14.2 Å². The van der Waals surface area contributed by atoms with E-state index in [1.165, 1.54) is 0 Å². The monoisotopic (exact) mass is 439 g/mol. The molecule has 31 heavy (non-hydrogen) atoms. The van der Waals surface area contributed by atoms with Gasteiger partial charge in [0.25, 0.3) is 0 Å². The van der Waals surface area contributed by atoms with Crippen LogP contribution in [0.5, 0.6) is 5.75 Å². The van der Waals surface area contributed by atoms with Crippen molar-refractivity contribution in [2.75, 3.05) is 53.7 Å². The smallest absolute Gasteiger partial charge is 0.186 e. The molecule has 2 aliphatic heterocycles. The average Bonchev–Trinajstić information content (AvgIpc) is 3.07. The Balaban J connectivity index is 1.61. The van der Waals surface area contributed by atoms with Gasteiger partial charge in [-0.25, -0.2) is 0 Å². The Morgan fingerprint density at radius 3 is 2.65 bits per heavy atom. The minimum atomic E-state index is -0.873. The van der Waals surface area contributed by atoms with Gasteiger partial charge in [-0.05, 0) is 38.0 Å². The molecule has 4 atom stereocenters. The lowest BCUT2D eigenvalue weighted by Crippen LogP contribution is -2.45. The highest BCUT2D eigenvalue weighted by Crippen LogP contribution is 2.28. The molecule has 8 heteroatoms. The summed E-state index contributed by atoms with van der Waals surface area (Å²) in [5, 5.41) is 10.9. The summed E-state index contributed by atoms with van der Waals surface area (Å²) in [5.74, 6) is 0.774.